The summed E-state index contributed by atoms with van der Waals surface area (Å²) in [4.78, 5) is 50.6. The molecule has 192 valence electrons. The summed E-state index contributed by atoms with van der Waals surface area (Å²) >= 11 is 5.98. The first kappa shape index (κ1) is 27.1. The first-order valence-electron chi connectivity index (χ1n) is 11.2. The van der Waals surface area contributed by atoms with Crippen molar-refractivity contribution in [1.82, 2.24) is 5.32 Å². The monoisotopic (exact) mass is 519 g/mol. The van der Waals surface area contributed by atoms with Gasteiger partial charge in [0.25, 0.3) is 5.79 Å². The Morgan fingerprint density at radius 1 is 1.08 bits per heavy atom. The zero-order valence-electron chi connectivity index (χ0n) is 20.5. The molecule has 36 heavy (non-hydrogen) atoms. The van der Waals surface area contributed by atoms with Crippen LogP contribution in [0.2, 0.25) is 5.02 Å². The molecule has 10 heteroatoms. The van der Waals surface area contributed by atoms with Crippen molar-refractivity contribution in [3.8, 4) is 11.1 Å². The molecule has 1 amide bonds. The SMILES string of the molecule is CC(C)(C)OC(=O)NC(Cc1ccc(-c2cc(Cl)ccc2F)cc1)C(=O)C1C(=O)OC(C)(C)OC1=O. The maximum Gasteiger partial charge on any atom is 0.408 e. The second kappa shape index (κ2) is 10.3. The van der Waals surface area contributed by atoms with Gasteiger partial charge in [0.2, 0.25) is 5.92 Å². The van der Waals surface area contributed by atoms with Crippen LogP contribution in [0.25, 0.3) is 11.1 Å². The lowest BCUT2D eigenvalue weighted by Crippen LogP contribution is -2.55. The normalized spacial score (nSPS) is 16.5. The van der Waals surface area contributed by atoms with Crippen molar-refractivity contribution in [3.05, 3.63) is 58.9 Å². The molecule has 2 aromatic carbocycles. The third-order valence-corrected chi connectivity index (χ3v) is 5.35. The van der Waals surface area contributed by atoms with Gasteiger partial charge in [-0.2, -0.15) is 0 Å². The minimum atomic E-state index is -1.86. The van der Waals surface area contributed by atoms with E-state index in [-0.39, 0.29) is 6.42 Å². The number of nitrogens with one attached hydrogen (secondary N) is 1. The molecule has 0 spiro atoms. The van der Waals surface area contributed by atoms with Gasteiger partial charge in [0.15, 0.2) is 5.78 Å². The first-order valence-corrected chi connectivity index (χ1v) is 11.6. The lowest BCUT2D eigenvalue weighted by molar-refractivity contribution is -0.238. The highest BCUT2D eigenvalue weighted by molar-refractivity contribution is 6.30. The van der Waals surface area contributed by atoms with Crippen molar-refractivity contribution in [3.63, 3.8) is 0 Å². The summed E-state index contributed by atoms with van der Waals surface area (Å²) in [6, 6.07) is 9.39. The maximum atomic E-state index is 14.2. The molecule has 0 aromatic heterocycles. The Morgan fingerprint density at radius 3 is 2.22 bits per heavy atom. The van der Waals surface area contributed by atoms with Crippen LogP contribution >= 0.6 is 11.6 Å². The molecule has 3 rings (SSSR count). The molecule has 8 nitrogen and oxygen atoms in total. The zero-order chi connectivity index (χ0) is 26.8. The lowest BCUT2D eigenvalue weighted by atomic mass is 9.92. The Balaban J connectivity index is 1.86. The predicted octanol–water partition coefficient (Wildman–Crippen LogP) is 4.60. The third-order valence-electron chi connectivity index (χ3n) is 5.12. The standard InChI is InChI=1S/C26H27ClFNO7/c1-25(2,3)36-24(33)29-19(21(30)20-22(31)34-26(4,5)35-23(20)32)12-14-6-8-15(9-7-14)17-13-16(27)10-11-18(17)28/h6-11,13,19-20H,12H2,1-5H3,(H,29,33). The molecule has 1 unspecified atom stereocenters. The zero-order valence-corrected chi connectivity index (χ0v) is 21.3. The molecule has 1 N–H and O–H groups in total. The summed E-state index contributed by atoms with van der Waals surface area (Å²) in [6.45, 7) is 7.67. The molecule has 1 aliphatic heterocycles. The van der Waals surface area contributed by atoms with Crippen molar-refractivity contribution >= 4 is 35.4 Å². The highest BCUT2D eigenvalue weighted by Crippen LogP contribution is 2.28. The van der Waals surface area contributed by atoms with E-state index in [1.54, 1.807) is 45.0 Å². The van der Waals surface area contributed by atoms with Gasteiger partial charge in [-0.3, -0.25) is 14.4 Å². The number of cyclic esters (lactones) is 2. The highest BCUT2D eigenvalue weighted by atomic mass is 35.5. The van der Waals surface area contributed by atoms with E-state index >= 15 is 0 Å². The number of hydrogen-bond acceptors (Lipinski definition) is 7. The molecule has 0 saturated carbocycles. The van der Waals surface area contributed by atoms with Crippen molar-refractivity contribution in [2.45, 2.75) is 58.5 Å². The summed E-state index contributed by atoms with van der Waals surface area (Å²) < 4.78 is 29.6. The van der Waals surface area contributed by atoms with Crippen molar-refractivity contribution in [2.75, 3.05) is 0 Å². The van der Waals surface area contributed by atoms with E-state index in [0.717, 1.165) is 0 Å². The van der Waals surface area contributed by atoms with Crippen LogP contribution < -0.4 is 5.32 Å². The minimum Gasteiger partial charge on any atom is -0.444 e. The lowest BCUT2D eigenvalue weighted by Gasteiger charge is -2.33. The van der Waals surface area contributed by atoms with Crippen LogP contribution in [0, 0.1) is 11.7 Å². The van der Waals surface area contributed by atoms with Crippen LogP contribution in [-0.4, -0.2) is 41.2 Å². The van der Waals surface area contributed by atoms with E-state index in [9.17, 15) is 23.6 Å². The first-order chi connectivity index (χ1) is 16.6. The number of carbonyl (C=O) groups is 4. The van der Waals surface area contributed by atoms with Crippen LogP contribution in [0.4, 0.5) is 9.18 Å². The fourth-order valence-electron chi connectivity index (χ4n) is 3.60. The Kier molecular flexibility index (Phi) is 7.73. The number of Topliss-reactive ketones (excluding diaryl/α,β-unsaturated/α-hetero) is 1. The topological polar surface area (TPSA) is 108 Å². The molecule has 1 heterocycles. The number of amides is 1. The maximum absolute atomic E-state index is 14.2. The smallest absolute Gasteiger partial charge is 0.408 e. The number of ether oxygens (including phenoxy) is 3. The van der Waals surface area contributed by atoms with E-state index in [0.29, 0.717) is 21.7 Å². The summed E-state index contributed by atoms with van der Waals surface area (Å²) in [6.07, 6.45) is -0.993. The molecular weight excluding hydrogens is 493 g/mol. The van der Waals surface area contributed by atoms with Crippen LogP contribution in [0.3, 0.4) is 0 Å². The van der Waals surface area contributed by atoms with E-state index in [4.69, 9.17) is 25.8 Å². The van der Waals surface area contributed by atoms with Crippen LogP contribution in [0.15, 0.2) is 42.5 Å². The second-order valence-electron chi connectivity index (χ2n) is 9.80. The van der Waals surface area contributed by atoms with Crippen molar-refractivity contribution in [2.24, 2.45) is 5.92 Å². The van der Waals surface area contributed by atoms with E-state index in [2.05, 4.69) is 5.32 Å². The quantitative estimate of drug-likeness (QED) is 0.439. The number of benzene rings is 2. The molecule has 0 aliphatic carbocycles. The number of carbonyl (C=O) groups excluding carboxylic acids is 4. The van der Waals surface area contributed by atoms with Crippen LogP contribution in [-0.2, 0) is 35.0 Å². The van der Waals surface area contributed by atoms with Gasteiger partial charge < -0.3 is 19.5 Å². The second-order valence-corrected chi connectivity index (χ2v) is 10.2. The number of ketones is 1. The van der Waals surface area contributed by atoms with Gasteiger partial charge in [0.05, 0.1) is 6.04 Å². The Labute approximate surface area is 213 Å². The molecule has 1 fully saturated rings. The van der Waals surface area contributed by atoms with Crippen molar-refractivity contribution in [1.29, 1.82) is 0 Å². The van der Waals surface area contributed by atoms with E-state index in [1.165, 1.54) is 32.0 Å². The predicted molar refractivity (Wildman–Crippen MR) is 128 cm³/mol. The van der Waals surface area contributed by atoms with Gasteiger partial charge in [0.1, 0.15) is 11.4 Å². The van der Waals surface area contributed by atoms with E-state index in [1.807, 2.05) is 0 Å². The number of alkyl carbamates (subject to hydrolysis) is 1. The van der Waals surface area contributed by atoms with E-state index < -0.39 is 53.0 Å². The van der Waals surface area contributed by atoms with Gasteiger partial charge >= 0.3 is 18.0 Å². The molecule has 1 aliphatic rings. The van der Waals surface area contributed by atoms with Crippen LogP contribution in [0.1, 0.15) is 40.2 Å². The van der Waals surface area contributed by atoms with Crippen molar-refractivity contribution < 1.29 is 37.8 Å². The number of halogens is 2. The summed E-state index contributed by atoms with van der Waals surface area (Å²) in [5.74, 6) is -6.86. The Hall–Kier alpha value is -3.46. The number of hydrogen-bond donors (Lipinski definition) is 1. The van der Waals surface area contributed by atoms with Gasteiger partial charge in [0, 0.05) is 24.4 Å². The number of esters is 2. The summed E-state index contributed by atoms with van der Waals surface area (Å²) in [5.41, 5.74) is 0.549. The summed E-state index contributed by atoms with van der Waals surface area (Å²) in [5, 5.41) is 2.81. The molecule has 1 atom stereocenters. The molecule has 2 aromatic rings. The summed E-state index contributed by atoms with van der Waals surface area (Å²) in [7, 11) is 0. The Bertz CT molecular complexity index is 1170. The fraction of sp³-hybridized carbons (Fsp3) is 0.385. The number of rotatable bonds is 6. The van der Waals surface area contributed by atoms with Gasteiger partial charge in [-0.15, -0.1) is 0 Å². The third kappa shape index (κ3) is 6.81. The minimum absolute atomic E-state index is 0.0865. The average molecular weight is 520 g/mol. The average Bonchev–Trinajstić information content (AvgIpc) is 2.72. The molecule has 0 radical (unpaired) electrons. The Morgan fingerprint density at radius 2 is 1.67 bits per heavy atom. The molecule has 0 bridgehead atoms. The van der Waals surface area contributed by atoms with Gasteiger partial charge in [-0.25, -0.2) is 9.18 Å². The van der Waals surface area contributed by atoms with Gasteiger partial charge in [-0.05, 0) is 56.5 Å². The van der Waals surface area contributed by atoms with Gasteiger partial charge in [-0.1, -0.05) is 35.9 Å². The largest absolute Gasteiger partial charge is 0.444 e. The molecule has 1 saturated heterocycles. The highest BCUT2D eigenvalue weighted by Gasteiger charge is 2.49. The van der Waals surface area contributed by atoms with Crippen LogP contribution in [0.5, 0.6) is 0 Å². The molecular formula is C26H27ClFNO7. The fourth-order valence-corrected chi connectivity index (χ4v) is 3.77.